The van der Waals surface area contributed by atoms with Gasteiger partial charge in [0, 0.05) is 36.4 Å². The molecule has 1 aromatic carbocycles. The molecule has 0 aliphatic rings. The van der Waals surface area contributed by atoms with Crippen LogP contribution in [0.4, 0.5) is 0 Å². The summed E-state index contributed by atoms with van der Waals surface area (Å²) in [5, 5.41) is 8.46. The van der Waals surface area contributed by atoms with E-state index in [0.717, 1.165) is 18.1 Å². The quantitative estimate of drug-likeness (QED) is 0.919. The molecule has 0 saturated carbocycles. The lowest BCUT2D eigenvalue weighted by Gasteiger charge is -2.08. The van der Waals surface area contributed by atoms with Crippen LogP contribution in [0.2, 0.25) is 5.02 Å². The van der Waals surface area contributed by atoms with Crippen LogP contribution in [-0.4, -0.2) is 9.78 Å². The molecule has 96 valence electrons. The van der Waals surface area contributed by atoms with Crippen LogP contribution in [0, 0.1) is 13.8 Å². The summed E-state index contributed by atoms with van der Waals surface area (Å²) in [6.07, 6.45) is 1.91. The van der Waals surface area contributed by atoms with Gasteiger partial charge in [0.25, 0.3) is 0 Å². The van der Waals surface area contributed by atoms with Gasteiger partial charge >= 0.3 is 0 Å². The number of nitrogens with zero attached hydrogens (tertiary/aromatic N) is 2. The van der Waals surface area contributed by atoms with E-state index in [9.17, 15) is 0 Å². The minimum absolute atomic E-state index is 0.791. The van der Waals surface area contributed by atoms with Gasteiger partial charge in [0.05, 0.1) is 6.20 Å². The standard InChI is InChI=1S/C14H18ClN3/c1-10-6-14(15)5-4-12(10)7-16-8-13-9-17-18(3)11(13)2/h4-6,9,16H,7-8H2,1-3H3. The summed E-state index contributed by atoms with van der Waals surface area (Å²) in [4.78, 5) is 0. The highest BCUT2D eigenvalue weighted by atomic mass is 35.5. The van der Waals surface area contributed by atoms with Crippen LogP contribution in [0.25, 0.3) is 0 Å². The first-order chi connectivity index (χ1) is 8.58. The molecular weight excluding hydrogens is 246 g/mol. The average molecular weight is 264 g/mol. The first kappa shape index (κ1) is 13.1. The lowest BCUT2D eigenvalue weighted by molar-refractivity contribution is 0.682. The smallest absolute Gasteiger partial charge is 0.0537 e. The molecule has 0 radical (unpaired) electrons. The summed E-state index contributed by atoms with van der Waals surface area (Å²) in [5.41, 5.74) is 4.94. The molecule has 0 aliphatic heterocycles. The molecule has 18 heavy (non-hydrogen) atoms. The third-order valence-electron chi connectivity index (χ3n) is 3.27. The molecule has 0 spiro atoms. The molecule has 0 fully saturated rings. The number of aromatic nitrogens is 2. The zero-order valence-electron chi connectivity index (χ0n) is 11.0. The third kappa shape index (κ3) is 2.92. The fourth-order valence-corrected chi connectivity index (χ4v) is 2.13. The third-order valence-corrected chi connectivity index (χ3v) is 3.51. The first-order valence-corrected chi connectivity index (χ1v) is 6.39. The van der Waals surface area contributed by atoms with Gasteiger partial charge in [0.1, 0.15) is 0 Å². The molecule has 1 N–H and O–H groups in total. The highest BCUT2D eigenvalue weighted by Crippen LogP contribution is 2.15. The number of nitrogens with one attached hydrogen (secondary N) is 1. The van der Waals surface area contributed by atoms with Crippen molar-refractivity contribution in [3.8, 4) is 0 Å². The van der Waals surface area contributed by atoms with Crippen LogP contribution in [0.3, 0.4) is 0 Å². The number of halogens is 1. The van der Waals surface area contributed by atoms with E-state index in [-0.39, 0.29) is 0 Å². The predicted molar refractivity (Wildman–Crippen MR) is 74.7 cm³/mol. The second-order valence-corrected chi connectivity index (χ2v) is 4.99. The van der Waals surface area contributed by atoms with Crippen molar-refractivity contribution in [3.05, 3.63) is 51.8 Å². The molecule has 0 bridgehead atoms. The molecular formula is C14H18ClN3. The molecule has 0 amide bonds. The fourth-order valence-electron chi connectivity index (χ4n) is 1.91. The SMILES string of the molecule is Cc1cc(Cl)ccc1CNCc1cnn(C)c1C. The Balaban J connectivity index is 1.94. The summed E-state index contributed by atoms with van der Waals surface area (Å²) in [6.45, 7) is 5.84. The van der Waals surface area contributed by atoms with Gasteiger partial charge in [-0.2, -0.15) is 5.10 Å². The summed E-state index contributed by atoms with van der Waals surface area (Å²) >= 11 is 5.94. The Morgan fingerprint density at radius 2 is 1.94 bits per heavy atom. The lowest BCUT2D eigenvalue weighted by Crippen LogP contribution is -2.14. The van der Waals surface area contributed by atoms with Gasteiger partial charge in [0.15, 0.2) is 0 Å². The monoisotopic (exact) mass is 263 g/mol. The maximum atomic E-state index is 5.94. The number of aryl methyl sites for hydroxylation is 2. The summed E-state index contributed by atoms with van der Waals surface area (Å²) in [7, 11) is 1.96. The minimum Gasteiger partial charge on any atom is -0.308 e. The van der Waals surface area contributed by atoms with Crippen LogP contribution >= 0.6 is 11.6 Å². The van der Waals surface area contributed by atoms with Crippen molar-refractivity contribution < 1.29 is 0 Å². The number of hydrogen-bond donors (Lipinski definition) is 1. The molecule has 2 aromatic rings. The van der Waals surface area contributed by atoms with Crippen LogP contribution in [0.15, 0.2) is 24.4 Å². The molecule has 0 saturated heterocycles. The van der Waals surface area contributed by atoms with Crippen molar-refractivity contribution in [1.82, 2.24) is 15.1 Å². The van der Waals surface area contributed by atoms with Gasteiger partial charge in [-0.25, -0.2) is 0 Å². The zero-order chi connectivity index (χ0) is 13.1. The molecule has 1 aromatic heterocycles. The molecule has 4 heteroatoms. The molecule has 2 rings (SSSR count). The van der Waals surface area contributed by atoms with Gasteiger partial charge in [-0.1, -0.05) is 17.7 Å². The van der Waals surface area contributed by atoms with Gasteiger partial charge in [-0.05, 0) is 37.1 Å². The number of benzene rings is 1. The molecule has 1 heterocycles. The summed E-state index contributed by atoms with van der Waals surface area (Å²) in [5.74, 6) is 0. The summed E-state index contributed by atoms with van der Waals surface area (Å²) < 4.78 is 1.89. The molecule has 0 aliphatic carbocycles. The van der Waals surface area contributed by atoms with Crippen molar-refractivity contribution in [1.29, 1.82) is 0 Å². The average Bonchev–Trinajstić information content (AvgIpc) is 2.64. The van der Waals surface area contributed by atoms with Crippen molar-refractivity contribution in [2.45, 2.75) is 26.9 Å². The highest BCUT2D eigenvalue weighted by Gasteiger charge is 2.04. The topological polar surface area (TPSA) is 29.9 Å². The lowest BCUT2D eigenvalue weighted by atomic mass is 10.1. The highest BCUT2D eigenvalue weighted by molar-refractivity contribution is 6.30. The molecule has 0 unspecified atom stereocenters. The van der Waals surface area contributed by atoms with E-state index in [1.54, 1.807) is 0 Å². The maximum absolute atomic E-state index is 5.94. The minimum atomic E-state index is 0.791. The van der Waals surface area contributed by atoms with E-state index in [4.69, 9.17) is 11.6 Å². The van der Waals surface area contributed by atoms with Crippen LogP contribution in [0.5, 0.6) is 0 Å². The number of rotatable bonds is 4. The first-order valence-electron chi connectivity index (χ1n) is 6.01. The van der Waals surface area contributed by atoms with Gasteiger partial charge in [-0.3, -0.25) is 4.68 Å². The largest absolute Gasteiger partial charge is 0.308 e. The summed E-state index contributed by atoms with van der Waals surface area (Å²) in [6, 6.07) is 6.00. The van der Waals surface area contributed by atoms with Gasteiger partial charge in [-0.15, -0.1) is 0 Å². The van der Waals surface area contributed by atoms with Crippen LogP contribution in [-0.2, 0) is 20.1 Å². The Labute approximate surface area is 113 Å². The van der Waals surface area contributed by atoms with E-state index < -0.39 is 0 Å². The second kappa shape index (κ2) is 5.55. The van der Waals surface area contributed by atoms with Crippen LogP contribution in [0.1, 0.15) is 22.4 Å². The Hall–Kier alpha value is -1.32. The normalized spacial score (nSPS) is 10.9. The zero-order valence-corrected chi connectivity index (χ0v) is 11.8. The van der Waals surface area contributed by atoms with Gasteiger partial charge in [0.2, 0.25) is 0 Å². The fraction of sp³-hybridized carbons (Fsp3) is 0.357. The van der Waals surface area contributed by atoms with E-state index in [1.807, 2.05) is 30.1 Å². The molecule has 3 nitrogen and oxygen atoms in total. The Morgan fingerprint density at radius 1 is 1.22 bits per heavy atom. The Kier molecular flexibility index (Phi) is 4.04. The maximum Gasteiger partial charge on any atom is 0.0537 e. The second-order valence-electron chi connectivity index (χ2n) is 4.55. The van der Waals surface area contributed by atoms with Crippen LogP contribution < -0.4 is 5.32 Å². The van der Waals surface area contributed by atoms with E-state index in [2.05, 4.69) is 30.3 Å². The van der Waals surface area contributed by atoms with E-state index in [0.29, 0.717) is 0 Å². The predicted octanol–water partition coefficient (Wildman–Crippen LogP) is 2.98. The van der Waals surface area contributed by atoms with Crippen molar-refractivity contribution >= 4 is 11.6 Å². The van der Waals surface area contributed by atoms with E-state index >= 15 is 0 Å². The van der Waals surface area contributed by atoms with Crippen molar-refractivity contribution in [2.75, 3.05) is 0 Å². The Morgan fingerprint density at radius 3 is 2.56 bits per heavy atom. The van der Waals surface area contributed by atoms with Gasteiger partial charge < -0.3 is 5.32 Å². The molecule has 0 atom stereocenters. The number of hydrogen-bond acceptors (Lipinski definition) is 2. The van der Waals surface area contributed by atoms with Crippen molar-refractivity contribution in [3.63, 3.8) is 0 Å². The van der Waals surface area contributed by atoms with E-state index in [1.165, 1.54) is 22.4 Å². The Bertz CT molecular complexity index is 546. The van der Waals surface area contributed by atoms with Crippen molar-refractivity contribution in [2.24, 2.45) is 7.05 Å².